The quantitative estimate of drug-likeness (QED) is 0.832. The van der Waals surface area contributed by atoms with Crippen LogP contribution in [0.15, 0.2) is 22.7 Å². The molecule has 0 atom stereocenters. The van der Waals surface area contributed by atoms with Crippen LogP contribution >= 0.6 is 23.2 Å². The van der Waals surface area contributed by atoms with Gasteiger partial charge in [-0.15, -0.1) is 0 Å². The molecule has 0 bridgehead atoms. The van der Waals surface area contributed by atoms with E-state index >= 15 is 0 Å². The first-order chi connectivity index (χ1) is 7.09. The lowest BCUT2D eigenvalue weighted by Crippen LogP contribution is -1.78. The summed E-state index contributed by atoms with van der Waals surface area (Å²) in [7, 11) is 0. The van der Waals surface area contributed by atoms with Crippen LogP contribution in [0.25, 0.3) is 11.3 Å². The van der Waals surface area contributed by atoms with Gasteiger partial charge < -0.3 is 9.63 Å². The molecule has 15 heavy (non-hydrogen) atoms. The second-order valence-corrected chi connectivity index (χ2v) is 3.88. The highest BCUT2D eigenvalue weighted by Crippen LogP contribution is 2.34. The number of hydrogen-bond acceptors (Lipinski definition) is 3. The van der Waals surface area contributed by atoms with E-state index in [0.717, 1.165) is 0 Å². The van der Waals surface area contributed by atoms with E-state index in [-0.39, 0.29) is 5.75 Å². The lowest BCUT2D eigenvalue weighted by atomic mass is 10.1. The fourth-order valence-electron chi connectivity index (χ4n) is 1.20. The molecule has 1 aromatic heterocycles. The highest BCUT2D eigenvalue weighted by atomic mass is 35.5. The summed E-state index contributed by atoms with van der Waals surface area (Å²) in [5.74, 6) is 0.393. The minimum atomic E-state index is 0.0217. The molecule has 0 aliphatic heterocycles. The molecule has 0 fully saturated rings. The molecule has 1 aromatic carbocycles. The minimum Gasteiger partial charge on any atom is -0.503 e. The van der Waals surface area contributed by atoms with Crippen molar-refractivity contribution >= 4 is 23.2 Å². The van der Waals surface area contributed by atoms with Crippen molar-refractivity contribution in [1.82, 2.24) is 5.16 Å². The molecule has 0 saturated heterocycles. The standard InChI is InChI=1S/C10H7Cl2NO2/c1-5-10(14)9(13-15-5)6-2-3-7(11)8(12)4-6/h2-4,14H,1H3. The van der Waals surface area contributed by atoms with Gasteiger partial charge in [-0.2, -0.15) is 0 Å². The van der Waals surface area contributed by atoms with E-state index in [1.807, 2.05) is 0 Å². The molecule has 2 rings (SSSR count). The Hall–Kier alpha value is -1.19. The van der Waals surface area contributed by atoms with Crippen LogP contribution in [0, 0.1) is 6.92 Å². The topological polar surface area (TPSA) is 46.3 Å². The summed E-state index contributed by atoms with van der Waals surface area (Å²) in [5.41, 5.74) is 1.03. The van der Waals surface area contributed by atoms with Gasteiger partial charge in [0.25, 0.3) is 0 Å². The van der Waals surface area contributed by atoms with Gasteiger partial charge in [-0.25, -0.2) is 0 Å². The highest BCUT2D eigenvalue weighted by Gasteiger charge is 2.14. The molecule has 3 nitrogen and oxygen atoms in total. The van der Waals surface area contributed by atoms with Crippen LogP contribution in [0.2, 0.25) is 10.0 Å². The lowest BCUT2D eigenvalue weighted by molar-refractivity contribution is 0.384. The van der Waals surface area contributed by atoms with Crippen LogP contribution in [-0.4, -0.2) is 10.3 Å². The SMILES string of the molecule is Cc1onc(-c2ccc(Cl)c(Cl)c2)c1O. The van der Waals surface area contributed by atoms with E-state index in [0.29, 0.717) is 27.1 Å². The van der Waals surface area contributed by atoms with Crippen molar-refractivity contribution < 1.29 is 9.63 Å². The zero-order valence-electron chi connectivity index (χ0n) is 7.79. The summed E-state index contributed by atoms with van der Waals surface area (Å²) in [5, 5.41) is 14.2. The Morgan fingerprint density at radius 3 is 2.53 bits per heavy atom. The Kier molecular flexibility index (Phi) is 2.59. The number of hydrogen-bond donors (Lipinski definition) is 1. The Labute approximate surface area is 96.2 Å². The zero-order chi connectivity index (χ0) is 11.0. The molecule has 5 heteroatoms. The van der Waals surface area contributed by atoms with Gasteiger partial charge in [0, 0.05) is 12.5 Å². The molecule has 0 radical (unpaired) electrons. The summed E-state index contributed by atoms with van der Waals surface area (Å²) in [6, 6.07) is 4.98. The molecule has 1 heterocycles. The first-order valence-electron chi connectivity index (χ1n) is 4.20. The largest absolute Gasteiger partial charge is 0.503 e. The van der Waals surface area contributed by atoms with E-state index in [1.165, 1.54) is 0 Å². The van der Waals surface area contributed by atoms with Crippen molar-refractivity contribution in [2.75, 3.05) is 0 Å². The molecule has 2 aromatic rings. The minimum absolute atomic E-state index is 0.0217. The monoisotopic (exact) mass is 243 g/mol. The maximum Gasteiger partial charge on any atom is 0.186 e. The van der Waals surface area contributed by atoms with E-state index in [2.05, 4.69) is 5.16 Å². The Balaban J connectivity index is 2.55. The molecule has 0 aliphatic carbocycles. The van der Waals surface area contributed by atoms with Gasteiger partial charge in [-0.3, -0.25) is 0 Å². The predicted molar refractivity (Wildman–Crippen MR) is 58.4 cm³/mol. The van der Waals surface area contributed by atoms with E-state index in [1.54, 1.807) is 25.1 Å². The second-order valence-electron chi connectivity index (χ2n) is 3.06. The van der Waals surface area contributed by atoms with Gasteiger partial charge in [0.1, 0.15) is 0 Å². The van der Waals surface area contributed by atoms with E-state index < -0.39 is 0 Å². The van der Waals surface area contributed by atoms with Gasteiger partial charge in [0.05, 0.1) is 10.0 Å². The van der Waals surface area contributed by atoms with Crippen LogP contribution < -0.4 is 0 Å². The summed E-state index contributed by atoms with van der Waals surface area (Å²) >= 11 is 11.6. The maximum atomic E-state index is 9.62. The Morgan fingerprint density at radius 2 is 2.00 bits per heavy atom. The highest BCUT2D eigenvalue weighted by molar-refractivity contribution is 6.42. The molecule has 0 spiro atoms. The summed E-state index contributed by atoms with van der Waals surface area (Å²) < 4.78 is 4.84. The van der Waals surface area contributed by atoms with Gasteiger partial charge in [0.2, 0.25) is 0 Å². The lowest BCUT2D eigenvalue weighted by Gasteiger charge is -1.99. The van der Waals surface area contributed by atoms with Crippen LogP contribution in [0.1, 0.15) is 5.76 Å². The molecule has 0 amide bonds. The smallest absolute Gasteiger partial charge is 0.186 e. The first-order valence-corrected chi connectivity index (χ1v) is 4.96. The Morgan fingerprint density at radius 1 is 1.27 bits per heavy atom. The van der Waals surface area contributed by atoms with Crippen molar-refractivity contribution in [2.24, 2.45) is 0 Å². The van der Waals surface area contributed by atoms with Crippen molar-refractivity contribution in [1.29, 1.82) is 0 Å². The van der Waals surface area contributed by atoms with Gasteiger partial charge >= 0.3 is 0 Å². The molecular weight excluding hydrogens is 237 g/mol. The van der Waals surface area contributed by atoms with E-state index in [4.69, 9.17) is 27.7 Å². The summed E-state index contributed by atoms with van der Waals surface area (Å²) in [4.78, 5) is 0. The normalized spacial score (nSPS) is 10.6. The number of halogens is 2. The fourth-order valence-corrected chi connectivity index (χ4v) is 1.50. The zero-order valence-corrected chi connectivity index (χ0v) is 9.30. The first kappa shape index (κ1) is 10.3. The molecular formula is C10H7Cl2NO2. The molecule has 0 unspecified atom stereocenters. The number of aryl methyl sites for hydroxylation is 1. The maximum absolute atomic E-state index is 9.62. The molecule has 78 valence electrons. The Bertz CT molecular complexity index is 508. The van der Waals surface area contributed by atoms with Gasteiger partial charge in [0.15, 0.2) is 17.2 Å². The number of aromatic hydroxyl groups is 1. The fraction of sp³-hybridized carbons (Fsp3) is 0.100. The average Bonchev–Trinajstić information content (AvgIpc) is 2.53. The number of rotatable bonds is 1. The number of aromatic nitrogens is 1. The van der Waals surface area contributed by atoms with Crippen molar-refractivity contribution in [2.45, 2.75) is 6.92 Å². The van der Waals surface area contributed by atoms with Crippen LogP contribution in [0.5, 0.6) is 5.75 Å². The molecule has 0 saturated carbocycles. The van der Waals surface area contributed by atoms with Crippen molar-refractivity contribution in [3.8, 4) is 17.0 Å². The van der Waals surface area contributed by atoms with Gasteiger partial charge in [-0.1, -0.05) is 34.4 Å². The third-order valence-electron chi connectivity index (χ3n) is 2.02. The number of benzene rings is 1. The van der Waals surface area contributed by atoms with E-state index in [9.17, 15) is 5.11 Å². The second kappa shape index (κ2) is 3.76. The summed E-state index contributed by atoms with van der Waals surface area (Å²) in [6.07, 6.45) is 0. The van der Waals surface area contributed by atoms with Crippen molar-refractivity contribution in [3.63, 3.8) is 0 Å². The number of nitrogens with zero attached hydrogens (tertiary/aromatic N) is 1. The molecule has 1 N–H and O–H groups in total. The summed E-state index contributed by atoms with van der Waals surface area (Å²) in [6.45, 7) is 1.63. The van der Waals surface area contributed by atoms with Crippen LogP contribution in [-0.2, 0) is 0 Å². The third-order valence-corrected chi connectivity index (χ3v) is 2.76. The average molecular weight is 244 g/mol. The predicted octanol–water partition coefficient (Wildman–Crippen LogP) is 3.66. The van der Waals surface area contributed by atoms with Gasteiger partial charge in [-0.05, 0) is 12.1 Å². The third kappa shape index (κ3) is 1.80. The van der Waals surface area contributed by atoms with Crippen molar-refractivity contribution in [3.05, 3.63) is 34.0 Å². The van der Waals surface area contributed by atoms with Crippen LogP contribution in [0.4, 0.5) is 0 Å². The molecule has 0 aliphatic rings. The van der Waals surface area contributed by atoms with Crippen LogP contribution in [0.3, 0.4) is 0 Å².